The average Bonchev–Trinajstić information content (AvgIpc) is 1.66. The minimum Gasteiger partial charge on any atom is -0.469 e. The quantitative estimate of drug-likeness (QED) is 0.494. The molecule has 0 fully saturated rings. The van der Waals surface area contributed by atoms with Crippen LogP contribution in [0.15, 0.2) is 0 Å². The summed E-state index contributed by atoms with van der Waals surface area (Å²) in [5.41, 5.74) is -1.36. The minimum absolute atomic E-state index is 1.04. The van der Waals surface area contributed by atoms with E-state index >= 15 is 0 Å². The number of rotatable bonds is 2. The molecule has 0 aromatic carbocycles. The lowest BCUT2D eigenvalue weighted by molar-refractivity contribution is 0.220. The highest BCUT2D eigenvalue weighted by atomic mass is 35.5. The van der Waals surface area contributed by atoms with E-state index in [9.17, 15) is 0 Å². The summed E-state index contributed by atoms with van der Waals surface area (Å²) in [4.78, 5) is 8.77. The SMILES string of the molecule is CCCCS.O=C(O)Cl. The predicted octanol–water partition coefficient (Wildman–Crippen LogP) is 2.62. The van der Waals surface area contributed by atoms with E-state index in [0.29, 0.717) is 0 Å². The first-order chi connectivity index (χ1) is 4.15. The molecule has 0 amide bonds. The lowest BCUT2D eigenvalue weighted by Crippen LogP contribution is -1.66. The van der Waals surface area contributed by atoms with E-state index in [1.54, 1.807) is 0 Å². The van der Waals surface area contributed by atoms with Crippen LogP contribution in [0, 0.1) is 0 Å². The summed E-state index contributed by atoms with van der Waals surface area (Å²) in [6.45, 7) is 2.16. The van der Waals surface area contributed by atoms with E-state index in [2.05, 4.69) is 31.2 Å². The molecule has 0 aromatic rings. The molecular formula is C5H11ClO2S. The molecule has 0 unspecified atom stereocenters. The Morgan fingerprint density at radius 3 is 2.11 bits per heavy atom. The molecular weight excluding hydrogens is 160 g/mol. The van der Waals surface area contributed by atoms with Crippen molar-refractivity contribution in [1.82, 2.24) is 0 Å². The Labute approximate surface area is 65.6 Å². The van der Waals surface area contributed by atoms with Gasteiger partial charge in [-0.15, -0.1) is 0 Å². The van der Waals surface area contributed by atoms with E-state index in [0.717, 1.165) is 5.75 Å². The maximum Gasteiger partial charge on any atom is 0.401 e. The molecule has 4 heteroatoms. The molecule has 0 spiro atoms. The first-order valence-corrected chi connectivity index (χ1v) is 3.65. The molecule has 0 bridgehead atoms. The van der Waals surface area contributed by atoms with E-state index in [1.165, 1.54) is 12.8 Å². The number of thiol groups is 1. The first kappa shape index (κ1) is 11.9. The fourth-order valence-electron chi connectivity index (χ4n) is 0.158. The van der Waals surface area contributed by atoms with Gasteiger partial charge in [-0.1, -0.05) is 13.3 Å². The fraction of sp³-hybridized carbons (Fsp3) is 0.800. The van der Waals surface area contributed by atoms with Crippen molar-refractivity contribution in [3.05, 3.63) is 0 Å². The maximum atomic E-state index is 8.77. The number of halogens is 1. The molecule has 0 aliphatic rings. The molecule has 0 radical (unpaired) electrons. The summed E-state index contributed by atoms with van der Waals surface area (Å²) in [5.74, 6) is 1.04. The molecule has 1 N–H and O–H groups in total. The van der Waals surface area contributed by atoms with Crippen LogP contribution in [0.25, 0.3) is 0 Å². The highest BCUT2D eigenvalue weighted by molar-refractivity contribution is 7.80. The van der Waals surface area contributed by atoms with Crippen LogP contribution >= 0.6 is 24.2 Å². The molecule has 0 aliphatic heterocycles. The number of carboxylic acid groups (broad SMARTS) is 1. The number of hydrogen-bond acceptors (Lipinski definition) is 2. The zero-order valence-corrected chi connectivity index (χ0v) is 6.95. The zero-order valence-electron chi connectivity index (χ0n) is 5.30. The van der Waals surface area contributed by atoms with Gasteiger partial charge in [0.15, 0.2) is 0 Å². The Hall–Kier alpha value is 0.110. The van der Waals surface area contributed by atoms with Gasteiger partial charge in [0.25, 0.3) is 0 Å². The van der Waals surface area contributed by atoms with Crippen LogP contribution in [-0.4, -0.2) is 16.3 Å². The van der Waals surface area contributed by atoms with Gasteiger partial charge in [0.2, 0.25) is 0 Å². The van der Waals surface area contributed by atoms with E-state index in [4.69, 9.17) is 9.90 Å². The van der Waals surface area contributed by atoms with Crippen molar-refractivity contribution in [2.24, 2.45) is 0 Å². The van der Waals surface area contributed by atoms with Crippen molar-refractivity contribution >= 4 is 29.7 Å². The fourth-order valence-corrected chi connectivity index (χ4v) is 0.474. The normalized spacial score (nSPS) is 7.44. The Morgan fingerprint density at radius 2 is 2.11 bits per heavy atom. The third-order valence-corrected chi connectivity index (χ3v) is 0.828. The van der Waals surface area contributed by atoms with Gasteiger partial charge in [0, 0.05) is 11.6 Å². The maximum absolute atomic E-state index is 8.77. The molecule has 56 valence electrons. The van der Waals surface area contributed by atoms with E-state index < -0.39 is 5.43 Å². The number of carbonyl (C=O) groups is 1. The Kier molecular flexibility index (Phi) is 14.5. The monoisotopic (exact) mass is 170 g/mol. The van der Waals surface area contributed by atoms with E-state index in [-0.39, 0.29) is 0 Å². The van der Waals surface area contributed by atoms with Crippen molar-refractivity contribution in [2.45, 2.75) is 19.8 Å². The van der Waals surface area contributed by atoms with Crippen molar-refractivity contribution < 1.29 is 9.90 Å². The van der Waals surface area contributed by atoms with Crippen LogP contribution in [0.5, 0.6) is 0 Å². The van der Waals surface area contributed by atoms with Gasteiger partial charge in [-0.05, 0) is 12.2 Å². The first-order valence-electron chi connectivity index (χ1n) is 2.64. The molecule has 0 aromatic heterocycles. The van der Waals surface area contributed by atoms with Crippen LogP contribution in [0.1, 0.15) is 19.8 Å². The smallest absolute Gasteiger partial charge is 0.401 e. The number of hydrogen-bond donors (Lipinski definition) is 2. The molecule has 0 saturated heterocycles. The standard InChI is InChI=1S/C4H10S.CHClO2/c1-2-3-4-5;2-1(3)4/h5H,2-4H2,1H3;(H,3,4). The van der Waals surface area contributed by atoms with Crippen LogP contribution in [0.3, 0.4) is 0 Å². The minimum atomic E-state index is -1.36. The summed E-state index contributed by atoms with van der Waals surface area (Å²) in [7, 11) is 0. The molecule has 0 heterocycles. The second-order valence-electron chi connectivity index (χ2n) is 1.33. The van der Waals surface area contributed by atoms with Crippen LogP contribution < -0.4 is 0 Å². The Balaban J connectivity index is 0. The summed E-state index contributed by atoms with van der Waals surface area (Å²) < 4.78 is 0. The lowest BCUT2D eigenvalue weighted by atomic mass is 10.4. The topological polar surface area (TPSA) is 37.3 Å². The average molecular weight is 171 g/mol. The van der Waals surface area contributed by atoms with Crippen LogP contribution in [0.2, 0.25) is 0 Å². The predicted molar refractivity (Wildman–Crippen MR) is 42.6 cm³/mol. The second kappa shape index (κ2) is 11.0. The van der Waals surface area contributed by atoms with Gasteiger partial charge >= 0.3 is 5.43 Å². The molecule has 0 aliphatic carbocycles. The largest absolute Gasteiger partial charge is 0.469 e. The van der Waals surface area contributed by atoms with Gasteiger partial charge in [0.05, 0.1) is 0 Å². The third-order valence-electron chi connectivity index (χ3n) is 0.512. The second-order valence-corrected chi connectivity index (χ2v) is 2.10. The van der Waals surface area contributed by atoms with Crippen molar-refractivity contribution in [3.8, 4) is 0 Å². The van der Waals surface area contributed by atoms with Gasteiger partial charge < -0.3 is 5.11 Å². The van der Waals surface area contributed by atoms with Crippen molar-refractivity contribution in [3.63, 3.8) is 0 Å². The van der Waals surface area contributed by atoms with Gasteiger partial charge in [0.1, 0.15) is 0 Å². The summed E-state index contributed by atoms with van der Waals surface area (Å²) in [5, 5.41) is 7.18. The molecule has 9 heavy (non-hydrogen) atoms. The zero-order chi connectivity index (χ0) is 7.70. The summed E-state index contributed by atoms with van der Waals surface area (Å²) >= 11 is 8.19. The summed E-state index contributed by atoms with van der Waals surface area (Å²) in [6.07, 6.45) is 2.52. The van der Waals surface area contributed by atoms with Crippen LogP contribution in [0.4, 0.5) is 4.79 Å². The molecule has 2 nitrogen and oxygen atoms in total. The van der Waals surface area contributed by atoms with Crippen molar-refractivity contribution in [2.75, 3.05) is 5.75 Å². The van der Waals surface area contributed by atoms with Gasteiger partial charge in [-0.25, -0.2) is 4.79 Å². The number of unbranched alkanes of at least 4 members (excludes halogenated alkanes) is 1. The van der Waals surface area contributed by atoms with Crippen molar-refractivity contribution in [1.29, 1.82) is 0 Å². The van der Waals surface area contributed by atoms with Gasteiger partial charge in [-0.2, -0.15) is 12.6 Å². The summed E-state index contributed by atoms with van der Waals surface area (Å²) in [6, 6.07) is 0. The highest BCUT2D eigenvalue weighted by Gasteiger charge is 1.71. The van der Waals surface area contributed by atoms with Gasteiger partial charge in [-0.3, -0.25) is 0 Å². The highest BCUT2D eigenvalue weighted by Crippen LogP contribution is 1.85. The Morgan fingerprint density at radius 1 is 1.78 bits per heavy atom. The van der Waals surface area contributed by atoms with Crippen LogP contribution in [-0.2, 0) is 0 Å². The molecule has 0 atom stereocenters. The molecule has 0 rings (SSSR count). The lowest BCUT2D eigenvalue weighted by Gasteiger charge is -1.78. The third kappa shape index (κ3) is 68.0. The molecule has 0 saturated carbocycles. The Bertz CT molecular complexity index is 62.0. The van der Waals surface area contributed by atoms with E-state index in [1.807, 2.05) is 0 Å².